The van der Waals surface area contributed by atoms with Crippen molar-refractivity contribution in [3.63, 3.8) is 0 Å². The van der Waals surface area contributed by atoms with Crippen LogP contribution in [0, 0.1) is 0 Å². The molecular formula is C18H18F2N4O2S3. The number of halogens is 2. The van der Waals surface area contributed by atoms with Crippen molar-refractivity contribution in [3.8, 4) is 0 Å². The highest BCUT2D eigenvalue weighted by atomic mass is 32.2. The lowest BCUT2D eigenvalue weighted by Gasteiger charge is -2.13. The molecule has 29 heavy (non-hydrogen) atoms. The maximum atomic E-state index is 12.5. The van der Waals surface area contributed by atoms with Crippen LogP contribution in [0.3, 0.4) is 0 Å². The molecule has 1 aliphatic rings. The van der Waals surface area contributed by atoms with Crippen LogP contribution in [0.2, 0.25) is 0 Å². The van der Waals surface area contributed by atoms with Gasteiger partial charge in [0.15, 0.2) is 5.11 Å². The zero-order valence-corrected chi connectivity index (χ0v) is 17.5. The van der Waals surface area contributed by atoms with Gasteiger partial charge in [0.05, 0.1) is 4.90 Å². The number of thioether (sulfide) groups is 1. The Kier molecular flexibility index (Phi) is 7.04. The van der Waals surface area contributed by atoms with Gasteiger partial charge in [-0.15, -0.1) is 0 Å². The van der Waals surface area contributed by atoms with Crippen molar-refractivity contribution >= 4 is 56.3 Å². The summed E-state index contributed by atoms with van der Waals surface area (Å²) in [6.07, 6.45) is 1.45. The smallest absolute Gasteiger partial charge is 0.288 e. The average molecular weight is 457 g/mol. The van der Waals surface area contributed by atoms with Crippen molar-refractivity contribution in [3.05, 3.63) is 48.5 Å². The topological polar surface area (TPSA) is 82.6 Å². The number of alkyl halides is 2. The molecule has 0 atom stereocenters. The molecule has 0 amide bonds. The molecule has 0 radical (unpaired) electrons. The number of anilines is 2. The minimum atomic E-state index is -3.72. The Hall–Kier alpha value is -2.24. The highest BCUT2D eigenvalue weighted by Gasteiger charge is 2.18. The first kappa shape index (κ1) is 21.5. The van der Waals surface area contributed by atoms with Gasteiger partial charge in [0.2, 0.25) is 0 Å². The van der Waals surface area contributed by atoms with E-state index in [1.807, 2.05) is 0 Å². The van der Waals surface area contributed by atoms with E-state index in [9.17, 15) is 17.2 Å². The molecule has 0 bridgehead atoms. The molecule has 3 rings (SSSR count). The van der Waals surface area contributed by atoms with Gasteiger partial charge >= 0.3 is 0 Å². The number of nitrogens with one attached hydrogen (secondary N) is 3. The maximum Gasteiger partial charge on any atom is 0.288 e. The molecule has 6 nitrogen and oxygen atoms in total. The van der Waals surface area contributed by atoms with E-state index in [-0.39, 0.29) is 10.0 Å². The first-order chi connectivity index (χ1) is 13.8. The van der Waals surface area contributed by atoms with Gasteiger partial charge in [0, 0.05) is 29.2 Å². The van der Waals surface area contributed by atoms with E-state index >= 15 is 0 Å². The number of hydrogen-bond donors (Lipinski definition) is 3. The summed E-state index contributed by atoms with van der Waals surface area (Å²) in [5, 5.41) is 6.08. The molecule has 0 spiro atoms. The van der Waals surface area contributed by atoms with Gasteiger partial charge < -0.3 is 10.6 Å². The number of rotatable bonds is 6. The second-order valence-electron chi connectivity index (χ2n) is 6.05. The Labute approximate surface area is 177 Å². The Bertz CT molecular complexity index is 1010. The lowest BCUT2D eigenvalue weighted by molar-refractivity contribution is 0.252. The van der Waals surface area contributed by atoms with Crippen molar-refractivity contribution in [2.45, 2.75) is 28.4 Å². The fourth-order valence-corrected chi connectivity index (χ4v) is 4.46. The molecule has 3 N–H and O–H groups in total. The van der Waals surface area contributed by atoms with E-state index in [0.717, 1.165) is 6.42 Å². The fraction of sp³-hybridized carbons (Fsp3) is 0.222. The van der Waals surface area contributed by atoms with E-state index in [0.29, 0.717) is 46.8 Å². The lowest BCUT2D eigenvalue weighted by atomic mass is 10.3. The summed E-state index contributed by atoms with van der Waals surface area (Å²) >= 11 is 5.70. The Morgan fingerprint density at radius 1 is 1.10 bits per heavy atom. The monoisotopic (exact) mass is 456 g/mol. The van der Waals surface area contributed by atoms with E-state index in [4.69, 9.17) is 12.2 Å². The van der Waals surface area contributed by atoms with Crippen LogP contribution in [0.5, 0.6) is 0 Å². The van der Waals surface area contributed by atoms with Crippen LogP contribution in [0.15, 0.2) is 63.3 Å². The molecule has 2 aromatic rings. The highest BCUT2D eigenvalue weighted by Crippen LogP contribution is 2.26. The third kappa shape index (κ3) is 6.38. The van der Waals surface area contributed by atoms with Crippen molar-refractivity contribution in [2.24, 2.45) is 4.99 Å². The third-order valence-electron chi connectivity index (χ3n) is 3.87. The van der Waals surface area contributed by atoms with Crippen molar-refractivity contribution in [1.82, 2.24) is 4.72 Å². The van der Waals surface area contributed by atoms with Crippen LogP contribution in [-0.2, 0) is 10.0 Å². The molecule has 0 fully saturated rings. The van der Waals surface area contributed by atoms with Crippen molar-refractivity contribution < 1.29 is 17.2 Å². The molecule has 1 heterocycles. The van der Waals surface area contributed by atoms with Crippen LogP contribution in [0.4, 0.5) is 20.2 Å². The van der Waals surface area contributed by atoms with E-state index < -0.39 is 15.8 Å². The predicted octanol–water partition coefficient (Wildman–Crippen LogP) is 4.28. The first-order valence-corrected chi connectivity index (χ1v) is 11.4. The molecule has 1 aliphatic heterocycles. The third-order valence-corrected chi connectivity index (χ3v) is 6.17. The summed E-state index contributed by atoms with van der Waals surface area (Å²) in [4.78, 5) is 4.66. The number of benzene rings is 2. The van der Waals surface area contributed by atoms with Gasteiger partial charge in [-0.1, -0.05) is 17.8 Å². The number of amidine groups is 1. The van der Waals surface area contributed by atoms with E-state index in [1.54, 1.807) is 36.4 Å². The quantitative estimate of drug-likeness (QED) is 0.445. The van der Waals surface area contributed by atoms with Gasteiger partial charge in [-0.3, -0.25) is 9.71 Å². The van der Waals surface area contributed by atoms with Gasteiger partial charge in [-0.25, -0.2) is 8.42 Å². The Morgan fingerprint density at radius 2 is 1.83 bits per heavy atom. The fourth-order valence-electron chi connectivity index (χ4n) is 2.59. The summed E-state index contributed by atoms with van der Waals surface area (Å²) in [6, 6.07) is 12.6. The standard InChI is InChI=1S/C18H18F2N4O2S3/c19-17(20)28-14-8-6-12(7-9-14)22-18(27)23-13-3-1-4-15(11-13)29(25,26)24-16-5-2-10-21-16/h1,3-4,6-9,11,17H,2,5,10H2,(H,21,24)(H2,22,23,27). The van der Waals surface area contributed by atoms with Crippen molar-refractivity contribution in [1.29, 1.82) is 0 Å². The molecule has 0 aliphatic carbocycles. The SMILES string of the molecule is O=S(=O)(NC1=NCCC1)c1cccc(NC(=S)Nc2ccc(SC(F)F)cc2)c1. The molecule has 0 saturated heterocycles. The summed E-state index contributed by atoms with van der Waals surface area (Å²) < 4.78 is 52.2. The normalized spacial score (nSPS) is 13.8. The van der Waals surface area contributed by atoms with Gasteiger partial charge in [-0.2, -0.15) is 8.78 Å². The van der Waals surface area contributed by atoms with Crippen molar-refractivity contribution in [2.75, 3.05) is 17.2 Å². The Balaban J connectivity index is 1.62. The van der Waals surface area contributed by atoms with Crippen LogP contribution in [-0.4, -0.2) is 31.7 Å². The number of thiocarbonyl (C=S) groups is 1. The summed E-state index contributed by atoms with van der Waals surface area (Å²) in [6.45, 7) is 0.626. The summed E-state index contributed by atoms with van der Waals surface area (Å²) in [5.41, 5.74) is 1.11. The molecule has 154 valence electrons. The molecule has 2 aromatic carbocycles. The molecule has 0 unspecified atom stereocenters. The highest BCUT2D eigenvalue weighted by molar-refractivity contribution is 7.99. The van der Waals surface area contributed by atoms with Gasteiger partial charge in [0.1, 0.15) is 5.84 Å². The number of sulfonamides is 1. The van der Waals surface area contributed by atoms with Crippen LogP contribution >= 0.6 is 24.0 Å². The molecule has 0 saturated carbocycles. The molecule has 11 heteroatoms. The average Bonchev–Trinajstić information content (AvgIpc) is 3.15. The summed E-state index contributed by atoms with van der Waals surface area (Å²) in [7, 11) is -3.72. The number of nitrogens with zero attached hydrogens (tertiary/aromatic N) is 1. The lowest BCUT2D eigenvalue weighted by Crippen LogP contribution is -2.29. The van der Waals surface area contributed by atoms with E-state index in [1.165, 1.54) is 12.1 Å². The van der Waals surface area contributed by atoms with Gasteiger partial charge in [-0.05, 0) is 61.1 Å². The Morgan fingerprint density at radius 3 is 2.48 bits per heavy atom. The van der Waals surface area contributed by atoms with E-state index in [2.05, 4.69) is 20.3 Å². The minimum Gasteiger partial charge on any atom is -0.332 e. The van der Waals surface area contributed by atoms with Crippen LogP contribution in [0.1, 0.15) is 12.8 Å². The maximum absolute atomic E-state index is 12.5. The number of hydrogen-bond acceptors (Lipinski definition) is 5. The first-order valence-electron chi connectivity index (χ1n) is 8.61. The zero-order valence-electron chi connectivity index (χ0n) is 15.1. The largest absolute Gasteiger partial charge is 0.332 e. The molecular weight excluding hydrogens is 438 g/mol. The second kappa shape index (κ2) is 9.51. The second-order valence-corrected chi connectivity index (χ2v) is 9.20. The number of aliphatic imine (C=N–C) groups is 1. The molecule has 0 aromatic heterocycles. The van der Waals surface area contributed by atoms with Crippen LogP contribution < -0.4 is 15.4 Å². The summed E-state index contributed by atoms with van der Waals surface area (Å²) in [5.74, 6) is -2.01. The minimum absolute atomic E-state index is 0.0910. The predicted molar refractivity (Wildman–Crippen MR) is 116 cm³/mol. The van der Waals surface area contributed by atoms with Crippen LogP contribution in [0.25, 0.3) is 0 Å². The van der Waals surface area contributed by atoms with Gasteiger partial charge in [0.25, 0.3) is 15.8 Å². The zero-order chi connectivity index (χ0) is 20.9.